The highest BCUT2D eigenvalue weighted by Crippen LogP contribution is 2.35. The quantitative estimate of drug-likeness (QED) is 0.511. The number of hydrogen-bond acceptors (Lipinski definition) is 5. The molecule has 0 saturated carbocycles. The van der Waals surface area contributed by atoms with Gasteiger partial charge in [-0.1, -0.05) is 53.3 Å². The van der Waals surface area contributed by atoms with E-state index in [0.717, 1.165) is 31.4 Å². The summed E-state index contributed by atoms with van der Waals surface area (Å²) in [6.07, 6.45) is 0. The predicted molar refractivity (Wildman–Crippen MR) is 89.0 cm³/mol. The lowest BCUT2D eigenvalue weighted by Gasteiger charge is -1.94. The van der Waals surface area contributed by atoms with Crippen LogP contribution in [-0.4, -0.2) is 14.6 Å². The molecule has 0 spiro atoms. The molecule has 21 heavy (non-hydrogen) atoms. The van der Waals surface area contributed by atoms with Crippen molar-refractivity contribution in [2.75, 3.05) is 0 Å². The van der Waals surface area contributed by atoms with Crippen LogP contribution in [-0.2, 0) is 0 Å². The van der Waals surface area contributed by atoms with Crippen LogP contribution < -0.4 is 0 Å². The van der Waals surface area contributed by atoms with Gasteiger partial charge < -0.3 is 0 Å². The van der Waals surface area contributed by atoms with E-state index in [1.54, 1.807) is 11.3 Å². The average Bonchev–Trinajstić information content (AvgIpc) is 3.14. The van der Waals surface area contributed by atoms with Gasteiger partial charge in [0.25, 0.3) is 0 Å². The number of nitrogens with zero attached hydrogens (tertiary/aromatic N) is 3. The van der Waals surface area contributed by atoms with Crippen LogP contribution in [0.4, 0.5) is 0 Å². The summed E-state index contributed by atoms with van der Waals surface area (Å²) in [6, 6.07) is 15.8. The monoisotopic (exact) mass is 329 g/mol. The maximum atomic E-state index is 5.91. The van der Waals surface area contributed by atoms with Crippen molar-refractivity contribution in [1.82, 2.24) is 14.6 Å². The summed E-state index contributed by atoms with van der Waals surface area (Å²) in [7, 11) is 0. The molecular formula is C15H8ClN3S2. The Labute approximate surface area is 134 Å². The van der Waals surface area contributed by atoms with Gasteiger partial charge in [-0.3, -0.25) is 0 Å². The van der Waals surface area contributed by atoms with E-state index in [9.17, 15) is 0 Å². The molecule has 4 aromatic rings. The molecule has 0 saturated heterocycles. The molecule has 102 valence electrons. The van der Waals surface area contributed by atoms with Crippen LogP contribution in [0.25, 0.3) is 31.4 Å². The van der Waals surface area contributed by atoms with E-state index < -0.39 is 0 Å². The van der Waals surface area contributed by atoms with Gasteiger partial charge in [-0.05, 0) is 29.7 Å². The van der Waals surface area contributed by atoms with E-state index >= 15 is 0 Å². The molecule has 0 amide bonds. The van der Waals surface area contributed by atoms with Crippen molar-refractivity contribution in [2.24, 2.45) is 0 Å². The third-order valence-corrected chi connectivity index (χ3v) is 5.15. The number of hydrogen-bond donors (Lipinski definition) is 0. The van der Waals surface area contributed by atoms with Gasteiger partial charge in [0.15, 0.2) is 5.01 Å². The molecule has 0 radical (unpaired) electrons. The second-order valence-corrected chi connectivity index (χ2v) is 6.67. The number of fused-ring (bicyclic) bond motifs is 1. The molecule has 0 aliphatic rings. The molecule has 2 aromatic carbocycles. The number of aromatic nitrogens is 3. The highest BCUT2D eigenvalue weighted by atomic mass is 35.5. The standard InChI is InChI=1S/C15H8ClN3S2/c16-10-7-5-9(6-8-10)14-17-18-15(20-14)13-11-3-1-2-4-12(11)21-19-13/h1-8H. The predicted octanol–water partition coefficient (Wildman–Crippen LogP) is 5.14. The van der Waals surface area contributed by atoms with Crippen molar-refractivity contribution in [2.45, 2.75) is 0 Å². The van der Waals surface area contributed by atoms with Gasteiger partial charge in [-0.15, -0.1) is 10.2 Å². The molecule has 3 nitrogen and oxygen atoms in total. The molecule has 6 heteroatoms. The Morgan fingerprint density at radius 1 is 0.857 bits per heavy atom. The Hall–Kier alpha value is -1.82. The van der Waals surface area contributed by atoms with Gasteiger partial charge in [-0.2, -0.15) is 4.37 Å². The Morgan fingerprint density at radius 3 is 2.48 bits per heavy atom. The van der Waals surface area contributed by atoms with Gasteiger partial charge in [0, 0.05) is 16.0 Å². The Bertz CT molecular complexity index is 912. The van der Waals surface area contributed by atoms with Crippen LogP contribution in [0.5, 0.6) is 0 Å². The van der Waals surface area contributed by atoms with Crippen molar-refractivity contribution in [3.05, 3.63) is 53.6 Å². The Kier molecular flexibility index (Phi) is 3.18. The summed E-state index contributed by atoms with van der Waals surface area (Å²) in [6.45, 7) is 0. The van der Waals surface area contributed by atoms with E-state index in [0.29, 0.717) is 5.02 Å². The average molecular weight is 330 g/mol. The first-order valence-electron chi connectivity index (χ1n) is 6.25. The van der Waals surface area contributed by atoms with Gasteiger partial charge in [0.05, 0.1) is 4.70 Å². The first-order valence-corrected chi connectivity index (χ1v) is 8.22. The Morgan fingerprint density at radius 2 is 1.62 bits per heavy atom. The summed E-state index contributed by atoms with van der Waals surface area (Å²) in [5, 5.41) is 12.1. The molecule has 0 unspecified atom stereocenters. The SMILES string of the molecule is Clc1ccc(-c2nnc(-c3nsc4ccccc34)s2)cc1. The van der Waals surface area contributed by atoms with Crippen LogP contribution in [0.15, 0.2) is 48.5 Å². The lowest BCUT2D eigenvalue weighted by Crippen LogP contribution is -1.77. The third-order valence-electron chi connectivity index (χ3n) is 3.10. The first kappa shape index (κ1) is 12.9. The molecule has 0 aliphatic heterocycles. The van der Waals surface area contributed by atoms with Crippen LogP contribution in [0.2, 0.25) is 5.02 Å². The molecule has 2 heterocycles. The van der Waals surface area contributed by atoms with Crippen molar-refractivity contribution in [1.29, 1.82) is 0 Å². The molecule has 0 atom stereocenters. The van der Waals surface area contributed by atoms with Crippen molar-refractivity contribution >= 4 is 44.6 Å². The van der Waals surface area contributed by atoms with E-state index in [1.807, 2.05) is 36.4 Å². The fourth-order valence-electron chi connectivity index (χ4n) is 2.07. The first-order chi connectivity index (χ1) is 10.3. The van der Waals surface area contributed by atoms with Gasteiger partial charge >= 0.3 is 0 Å². The summed E-state index contributed by atoms with van der Waals surface area (Å²) < 4.78 is 5.68. The minimum Gasteiger partial charge on any atom is -0.189 e. The second kappa shape index (κ2) is 5.18. The Balaban J connectivity index is 1.79. The fraction of sp³-hybridized carbons (Fsp3) is 0. The highest BCUT2D eigenvalue weighted by molar-refractivity contribution is 7.18. The van der Waals surface area contributed by atoms with E-state index in [-0.39, 0.29) is 0 Å². The molecule has 0 N–H and O–H groups in total. The largest absolute Gasteiger partial charge is 0.189 e. The maximum Gasteiger partial charge on any atom is 0.168 e. The molecular weight excluding hydrogens is 322 g/mol. The summed E-state index contributed by atoms with van der Waals surface area (Å²) >= 11 is 8.94. The van der Waals surface area contributed by atoms with Crippen LogP contribution in [0.1, 0.15) is 0 Å². The topological polar surface area (TPSA) is 38.7 Å². The van der Waals surface area contributed by atoms with Crippen LogP contribution >= 0.6 is 34.5 Å². The van der Waals surface area contributed by atoms with Crippen LogP contribution in [0, 0.1) is 0 Å². The summed E-state index contributed by atoms with van der Waals surface area (Å²) in [5.41, 5.74) is 1.93. The molecule has 2 aromatic heterocycles. The third kappa shape index (κ3) is 2.33. The zero-order valence-electron chi connectivity index (χ0n) is 10.7. The lowest BCUT2D eigenvalue weighted by atomic mass is 10.2. The maximum absolute atomic E-state index is 5.91. The number of halogens is 1. The summed E-state index contributed by atoms with van der Waals surface area (Å²) in [4.78, 5) is 0. The van der Waals surface area contributed by atoms with Crippen molar-refractivity contribution in [3.63, 3.8) is 0 Å². The fourth-order valence-corrected chi connectivity index (χ4v) is 3.88. The van der Waals surface area contributed by atoms with E-state index in [2.05, 4.69) is 26.7 Å². The molecule has 0 aliphatic carbocycles. The van der Waals surface area contributed by atoms with E-state index in [4.69, 9.17) is 11.6 Å². The minimum absolute atomic E-state index is 0.717. The van der Waals surface area contributed by atoms with Crippen LogP contribution in [0.3, 0.4) is 0 Å². The van der Waals surface area contributed by atoms with Gasteiger partial charge in [0.1, 0.15) is 10.7 Å². The minimum atomic E-state index is 0.717. The number of rotatable bonds is 2. The van der Waals surface area contributed by atoms with Crippen molar-refractivity contribution in [3.8, 4) is 21.3 Å². The zero-order valence-corrected chi connectivity index (χ0v) is 13.0. The normalized spacial score (nSPS) is 11.1. The zero-order chi connectivity index (χ0) is 14.2. The van der Waals surface area contributed by atoms with Crippen molar-refractivity contribution < 1.29 is 0 Å². The lowest BCUT2D eigenvalue weighted by molar-refractivity contribution is 1.10. The van der Waals surface area contributed by atoms with Gasteiger partial charge in [-0.25, -0.2) is 0 Å². The van der Waals surface area contributed by atoms with Gasteiger partial charge in [0.2, 0.25) is 0 Å². The molecule has 0 fully saturated rings. The highest BCUT2D eigenvalue weighted by Gasteiger charge is 2.14. The molecule has 0 bridgehead atoms. The van der Waals surface area contributed by atoms with E-state index in [1.165, 1.54) is 11.5 Å². The smallest absolute Gasteiger partial charge is 0.168 e. The number of benzene rings is 2. The summed E-state index contributed by atoms with van der Waals surface area (Å²) in [5.74, 6) is 0. The molecule has 4 rings (SSSR count). The second-order valence-electron chi connectivity index (χ2n) is 4.45.